The van der Waals surface area contributed by atoms with Crippen LogP contribution in [0.15, 0.2) is 0 Å². The Kier molecular flexibility index (Phi) is 5.20. The van der Waals surface area contributed by atoms with Crippen LogP contribution in [0.25, 0.3) is 0 Å². The van der Waals surface area contributed by atoms with Gasteiger partial charge in [-0.05, 0) is 20.8 Å². The van der Waals surface area contributed by atoms with E-state index < -0.39 is 52.2 Å². The minimum Gasteiger partial charge on any atom is -0.388 e. The molecule has 0 aliphatic carbocycles. The van der Waals surface area contributed by atoms with E-state index in [1.807, 2.05) is 0 Å². The standard InChI is InChI=1S/C12H17BrO7/c1-4(14)12(5(2)15,6(3)16)10-8(18)7(17)9(19)11(13)20-10/h7-11,17-19H,1-3H3/t7-,8-,9-,10-,11?/m1/s1. The van der Waals surface area contributed by atoms with Crippen molar-refractivity contribution in [3.63, 3.8) is 0 Å². The van der Waals surface area contributed by atoms with Gasteiger partial charge in [0.1, 0.15) is 29.4 Å². The lowest BCUT2D eigenvalue weighted by Gasteiger charge is -2.45. The fourth-order valence-corrected chi connectivity index (χ4v) is 3.09. The van der Waals surface area contributed by atoms with Crippen LogP contribution < -0.4 is 0 Å². The Hall–Kier alpha value is -0.670. The summed E-state index contributed by atoms with van der Waals surface area (Å²) < 4.78 is 5.22. The quantitative estimate of drug-likeness (QED) is 0.435. The molecule has 1 aliphatic rings. The zero-order valence-electron chi connectivity index (χ0n) is 11.2. The molecule has 7 nitrogen and oxygen atoms in total. The fourth-order valence-electron chi connectivity index (χ4n) is 2.54. The largest absolute Gasteiger partial charge is 0.388 e. The van der Waals surface area contributed by atoms with Gasteiger partial charge in [-0.15, -0.1) is 0 Å². The van der Waals surface area contributed by atoms with Crippen LogP contribution in [0.3, 0.4) is 0 Å². The van der Waals surface area contributed by atoms with Crippen molar-refractivity contribution in [1.82, 2.24) is 0 Å². The summed E-state index contributed by atoms with van der Waals surface area (Å²) in [5, 5.41) is 28.2. The number of ether oxygens (including phenoxy) is 1. The third-order valence-electron chi connectivity index (χ3n) is 3.65. The average molecular weight is 353 g/mol. The van der Waals surface area contributed by atoms with Crippen LogP contribution in [0.2, 0.25) is 0 Å². The molecule has 0 spiro atoms. The average Bonchev–Trinajstić information content (AvgIpc) is 2.32. The number of rotatable bonds is 4. The summed E-state index contributed by atoms with van der Waals surface area (Å²) >= 11 is 2.92. The molecular weight excluding hydrogens is 336 g/mol. The first-order chi connectivity index (χ1) is 9.08. The number of aliphatic hydroxyl groups is 3. The topological polar surface area (TPSA) is 121 Å². The maximum atomic E-state index is 11.9. The molecule has 1 aliphatic heterocycles. The molecule has 1 heterocycles. The van der Waals surface area contributed by atoms with E-state index in [1.165, 1.54) is 0 Å². The van der Waals surface area contributed by atoms with Crippen molar-refractivity contribution in [1.29, 1.82) is 0 Å². The molecule has 0 saturated carbocycles. The second-order valence-electron chi connectivity index (χ2n) is 4.86. The molecule has 0 aromatic rings. The Labute approximate surface area is 124 Å². The number of alkyl halides is 1. The second-order valence-corrected chi connectivity index (χ2v) is 5.76. The number of carbonyl (C=O) groups is 3. The molecule has 1 unspecified atom stereocenters. The summed E-state index contributed by atoms with van der Waals surface area (Å²) in [7, 11) is 0. The fraction of sp³-hybridized carbons (Fsp3) is 0.750. The van der Waals surface area contributed by atoms with E-state index in [2.05, 4.69) is 15.9 Å². The van der Waals surface area contributed by atoms with Crippen molar-refractivity contribution in [2.75, 3.05) is 0 Å². The third-order valence-corrected chi connectivity index (χ3v) is 4.41. The molecule has 114 valence electrons. The van der Waals surface area contributed by atoms with Gasteiger partial charge in [-0.25, -0.2) is 0 Å². The van der Waals surface area contributed by atoms with Crippen LogP contribution >= 0.6 is 15.9 Å². The Balaban J connectivity index is 3.38. The van der Waals surface area contributed by atoms with Gasteiger partial charge in [0.25, 0.3) is 0 Å². The predicted octanol–water partition coefficient (Wildman–Crippen LogP) is -1.06. The maximum Gasteiger partial charge on any atom is 0.173 e. The first kappa shape index (κ1) is 17.4. The molecule has 8 heteroatoms. The van der Waals surface area contributed by atoms with Crippen LogP contribution in [0.1, 0.15) is 20.8 Å². The van der Waals surface area contributed by atoms with Crippen LogP contribution in [0.4, 0.5) is 0 Å². The zero-order valence-corrected chi connectivity index (χ0v) is 12.8. The highest BCUT2D eigenvalue weighted by Gasteiger charge is 2.60. The Morgan fingerprint density at radius 1 is 0.900 bits per heavy atom. The zero-order chi connectivity index (χ0) is 15.8. The first-order valence-corrected chi connectivity index (χ1v) is 6.86. The van der Waals surface area contributed by atoms with Gasteiger partial charge in [0.15, 0.2) is 22.8 Å². The number of hydrogen-bond acceptors (Lipinski definition) is 7. The van der Waals surface area contributed by atoms with Gasteiger partial charge in [0.2, 0.25) is 0 Å². The van der Waals surface area contributed by atoms with E-state index in [9.17, 15) is 29.7 Å². The smallest absolute Gasteiger partial charge is 0.173 e. The third kappa shape index (κ3) is 2.46. The molecule has 5 atom stereocenters. The highest BCUT2D eigenvalue weighted by Crippen LogP contribution is 2.38. The van der Waals surface area contributed by atoms with E-state index in [1.54, 1.807) is 0 Å². The molecule has 0 amide bonds. The van der Waals surface area contributed by atoms with Crippen LogP contribution in [-0.4, -0.2) is 62.1 Å². The van der Waals surface area contributed by atoms with Crippen LogP contribution in [0.5, 0.6) is 0 Å². The maximum absolute atomic E-state index is 11.9. The number of Topliss-reactive ketones (excluding diaryl/α,β-unsaturated/α-hetero) is 3. The van der Waals surface area contributed by atoms with Gasteiger partial charge in [0.05, 0.1) is 0 Å². The van der Waals surface area contributed by atoms with Gasteiger partial charge in [-0.3, -0.25) is 14.4 Å². The van der Waals surface area contributed by atoms with Crippen LogP contribution in [0, 0.1) is 5.41 Å². The lowest BCUT2D eigenvalue weighted by atomic mass is 9.68. The van der Waals surface area contributed by atoms with Gasteiger partial charge in [-0.2, -0.15) is 0 Å². The highest BCUT2D eigenvalue weighted by atomic mass is 79.9. The van der Waals surface area contributed by atoms with Crippen molar-refractivity contribution in [3.8, 4) is 0 Å². The lowest BCUT2D eigenvalue weighted by molar-refractivity contribution is -0.222. The van der Waals surface area contributed by atoms with E-state index in [0.29, 0.717) is 0 Å². The number of aliphatic hydroxyl groups excluding tert-OH is 3. The van der Waals surface area contributed by atoms with Gasteiger partial charge >= 0.3 is 0 Å². The lowest BCUT2D eigenvalue weighted by Crippen LogP contribution is -2.66. The van der Waals surface area contributed by atoms with E-state index in [0.717, 1.165) is 20.8 Å². The predicted molar refractivity (Wildman–Crippen MR) is 70.1 cm³/mol. The number of ketones is 3. The van der Waals surface area contributed by atoms with Crippen molar-refractivity contribution in [2.24, 2.45) is 5.41 Å². The summed E-state index contributed by atoms with van der Waals surface area (Å²) in [5.74, 6) is -2.36. The molecular formula is C12H17BrO7. The summed E-state index contributed by atoms with van der Waals surface area (Å²) in [6.45, 7) is 3.12. The highest BCUT2D eigenvalue weighted by molar-refractivity contribution is 9.09. The molecule has 0 aromatic heterocycles. The number of halogens is 1. The van der Waals surface area contributed by atoms with Crippen molar-refractivity contribution < 1.29 is 34.4 Å². The molecule has 1 fully saturated rings. The Bertz CT molecular complexity index is 399. The Morgan fingerprint density at radius 2 is 1.30 bits per heavy atom. The molecule has 0 aromatic carbocycles. The molecule has 3 N–H and O–H groups in total. The number of carbonyl (C=O) groups excluding carboxylic acids is 3. The first-order valence-electron chi connectivity index (χ1n) is 5.95. The second kappa shape index (κ2) is 5.98. The van der Waals surface area contributed by atoms with Crippen molar-refractivity contribution >= 4 is 33.3 Å². The SMILES string of the molecule is CC(=O)C(C(C)=O)(C(C)=O)[C@@H]1OC(Br)[C@H](O)[C@H](O)[C@H]1O. The summed E-state index contributed by atoms with van der Waals surface area (Å²) in [6, 6.07) is 0. The van der Waals surface area contributed by atoms with E-state index >= 15 is 0 Å². The van der Waals surface area contributed by atoms with E-state index in [4.69, 9.17) is 4.74 Å². The molecule has 1 rings (SSSR count). The van der Waals surface area contributed by atoms with Gasteiger partial charge in [-0.1, -0.05) is 15.9 Å². The van der Waals surface area contributed by atoms with E-state index in [-0.39, 0.29) is 0 Å². The summed E-state index contributed by atoms with van der Waals surface area (Å²) in [5.41, 5.74) is -2.20. The van der Waals surface area contributed by atoms with Crippen molar-refractivity contribution in [2.45, 2.75) is 50.2 Å². The molecule has 0 radical (unpaired) electrons. The van der Waals surface area contributed by atoms with Gasteiger partial charge in [0, 0.05) is 0 Å². The summed E-state index contributed by atoms with van der Waals surface area (Å²) in [6.07, 6.45) is -6.44. The molecule has 0 bridgehead atoms. The minimum absolute atomic E-state index is 0.787. The number of hydrogen-bond donors (Lipinski definition) is 3. The molecule has 1 saturated heterocycles. The normalized spacial score (nSPS) is 34.6. The monoisotopic (exact) mass is 352 g/mol. The summed E-state index contributed by atoms with van der Waals surface area (Å²) in [4.78, 5) is 35.7. The van der Waals surface area contributed by atoms with Crippen molar-refractivity contribution in [3.05, 3.63) is 0 Å². The Morgan fingerprint density at radius 3 is 1.65 bits per heavy atom. The van der Waals surface area contributed by atoms with Crippen LogP contribution in [-0.2, 0) is 19.1 Å². The molecule has 20 heavy (non-hydrogen) atoms. The van der Waals surface area contributed by atoms with Gasteiger partial charge < -0.3 is 20.1 Å². The minimum atomic E-state index is -2.20.